The number of benzene rings is 1. The number of para-hydroxylation sites is 1. The van der Waals surface area contributed by atoms with Gasteiger partial charge in [0.2, 0.25) is 10.0 Å². The smallest absolute Gasteiger partial charge is 0.244 e. The van der Waals surface area contributed by atoms with Crippen LogP contribution in [0, 0.1) is 0 Å². The number of hydrogen-bond donors (Lipinski definition) is 0. The molecule has 2 saturated heterocycles. The summed E-state index contributed by atoms with van der Waals surface area (Å²) in [5, 5.41) is 1.18. The lowest BCUT2D eigenvalue weighted by Gasteiger charge is -2.32. The van der Waals surface area contributed by atoms with Crippen LogP contribution < -0.4 is 4.90 Å². The van der Waals surface area contributed by atoms with Gasteiger partial charge < -0.3 is 4.90 Å². The van der Waals surface area contributed by atoms with Gasteiger partial charge in [-0.3, -0.25) is 0 Å². The van der Waals surface area contributed by atoms with E-state index in [4.69, 9.17) is 4.98 Å². The summed E-state index contributed by atoms with van der Waals surface area (Å²) in [6.45, 7) is 3.03. The van der Waals surface area contributed by atoms with Crippen LogP contribution in [0.3, 0.4) is 0 Å². The van der Waals surface area contributed by atoms with Gasteiger partial charge in [-0.1, -0.05) is 12.1 Å². The van der Waals surface area contributed by atoms with Crippen molar-refractivity contribution in [1.82, 2.24) is 14.3 Å². The van der Waals surface area contributed by atoms with Gasteiger partial charge in [0.05, 0.1) is 15.2 Å². The van der Waals surface area contributed by atoms with Crippen LogP contribution in [0.1, 0.15) is 36.6 Å². The molecule has 1 atom stereocenters. The largest absolute Gasteiger partial charge is 0.356 e. The van der Waals surface area contributed by atoms with Gasteiger partial charge in [0, 0.05) is 38.3 Å². The summed E-state index contributed by atoms with van der Waals surface area (Å²) in [7, 11) is -3.41. The summed E-state index contributed by atoms with van der Waals surface area (Å²) in [6, 6.07) is 11.8. The van der Waals surface area contributed by atoms with Crippen LogP contribution >= 0.6 is 11.3 Å². The van der Waals surface area contributed by atoms with Crippen LogP contribution in [0.4, 0.5) is 5.82 Å². The van der Waals surface area contributed by atoms with Crippen LogP contribution in [0.15, 0.2) is 47.5 Å². The van der Waals surface area contributed by atoms with Crippen molar-refractivity contribution in [2.75, 3.05) is 31.1 Å². The first-order valence-electron chi connectivity index (χ1n) is 10.2. The number of rotatable bonds is 4. The Morgan fingerprint density at radius 2 is 1.83 bits per heavy atom. The Bertz CT molecular complexity index is 1070. The van der Waals surface area contributed by atoms with Gasteiger partial charge in [-0.2, -0.15) is 4.31 Å². The van der Waals surface area contributed by atoms with Crippen molar-refractivity contribution >= 4 is 37.4 Å². The van der Waals surface area contributed by atoms with Crippen molar-refractivity contribution in [3.63, 3.8) is 0 Å². The molecular formula is C21H24N4O2S2. The van der Waals surface area contributed by atoms with Gasteiger partial charge in [0.25, 0.3) is 0 Å². The topological polar surface area (TPSA) is 66.4 Å². The van der Waals surface area contributed by atoms with Gasteiger partial charge in [-0.05, 0) is 49.9 Å². The summed E-state index contributed by atoms with van der Waals surface area (Å²) in [4.78, 5) is 11.9. The minimum Gasteiger partial charge on any atom is -0.356 e. The fourth-order valence-electron chi connectivity index (χ4n) is 4.24. The number of thiazole rings is 1. The van der Waals surface area contributed by atoms with E-state index < -0.39 is 10.0 Å². The highest BCUT2D eigenvalue weighted by molar-refractivity contribution is 7.89. The molecule has 2 aromatic heterocycles. The Hall–Kier alpha value is -2.03. The first-order chi connectivity index (χ1) is 14.1. The minimum atomic E-state index is -3.41. The second kappa shape index (κ2) is 7.66. The monoisotopic (exact) mass is 428 g/mol. The molecular weight excluding hydrogens is 404 g/mol. The molecule has 2 fully saturated rings. The van der Waals surface area contributed by atoms with Gasteiger partial charge in [0.15, 0.2) is 0 Å². The molecule has 2 aliphatic heterocycles. The van der Waals surface area contributed by atoms with Gasteiger partial charge in [0.1, 0.15) is 10.7 Å². The third-order valence-electron chi connectivity index (χ3n) is 5.83. The van der Waals surface area contributed by atoms with Gasteiger partial charge >= 0.3 is 0 Å². The quantitative estimate of drug-likeness (QED) is 0.631. The fraction of sp³-hybridized carbons (Fsp3) is 0.429. The Morgan fingerprint density at radius 3 is 2.59 bits per heavy atom. The molecule has 0 saturated carbocycles. The van der Waals surface area contributed by atoms with Crippen LogP contribution in [-0.2, 0) is 10.0 Å². The maximum Gasteiger partial charge on any atom is 0.244 e. The predicted octanol–water partition coefficient (Wildman–Crippen LogP) is 3.86. The van der Waals surface area contributed by atoms with E-state index in [0.717, 1.165) is 50.1 Å². The molecule has 0 N–H and O–H groups in total. The molecule has 5 rings (SSSR count). The van der Waals surface area contributed by atoms with E-state index >= 15 is 0 Å². The zero-order valence-corrected chi connectivity index (χ0v) is 17.8. The first kappa shape index (κ1) is 19.0. The molecule has 0 amide bonds. The molecule has 152 valence electrons. The SMILES string of the molecule is O=S(=O)(c1ccc(N2CCC[C@H](c3nc4ccccc4s3)C2)nc1)N1CCCC1. The lowest BCUT2D eigenvalue weighted by atomic mass is 9.99. The van der Waals surface area contributed by atoms with Crippen LogP contribution in [0.25, 0.3) is 10.2 Å². The zero-order chi connectivity index (χ0) is 19.8. The van der Waals surface area contributed by atoms with Gasteiger partial charge in [-0.25, -0.2) is 18.4 Å². The minimum absolute atomic E-state index is 0.294. The predicted molar refractivity (Wildman–Crippen MR) is 116 cm³/mol. The molecule has 29 heavy (non-hydrogen) atoms. The average molecular weight is 429 g/mol. The average Bonchev–Trinajstić information content (AvgIpc) is 3.44. The first-order valence-corrected chi connectivity index (χ1v) is 12.4. The van der Waals surface area contributed by atoms with Crippen molar-refractivity contribution in [3.05, 3.63) is 47.6 Å². The number of piperidine rings is 1. The molecule has 1 aromatic carbocycles. The van der Waals surface area contributed by atoms with E-state index in [1.807, 2.05) is 12.1 Å². The molecule has 8 heteroatoms. The Labute approximate surface area is 175 Å². The normalized spacial score (nSPS) is 21.1. The Morgan fingerprint density at radius 1 is 1.00 bits per heavy atom. The summed E-state index contributed by atoms with van der Waals surface area (Å²) < 4.78 is 28.2. The maximum absolute atomic E-state index is 12.7. The van der Waals surface area contributed by atoms with E-state index in [-0.39, 0.29) is 0 Å². The number of sulfonamides is 1. The lowest BCUT2D eigenvalue weighted by Crippen LogP contribution is -2.35. The van der Waals surface area contributed by atoms with Crippen molar-refractivity contribution in [2.24, 2.45) is 0 Å². The molecule has 6 nitrogen and oxygen atoms in total. The van der Waals surface area contributed by atoms with Crippen molar-refractivity contribution in [2.45, 2.75) is 36.5 Å². The second-order valence-corrected chi connectivity index (χ2v) is 10.8. The summed E-state index contributed by atoms with van der Waals surface area (Å²) >= 11 is 1.78. The Balaban J connectivity index is 1.34. The highest BCUT2D eigenvalue weighted by Gasteiger charge is 2.28. The molecule has 2 aliphatic rings. The zero-order valence-electron chi connectivity index (χ0n) is 16.2. The molecule has 0 unspecified atom stereocenters. The number of aromatic nitrogens is 2. The van der Waals surface area contributed by atoms with Crippen LogP contribution in [0.5, 0.6) is 0 Å². The molecule has 0 radical (unpaired) electrons. The molecule has 0 aliphatic carbocycles. The highest BCUT2D eigenvalue weighted by atomic mass is 32.2. The van der Waals surface area contributed by atoms with E-state index in [2.05, 4.69) is 28.1 Å². The molecule has 0 bridgehead atoms. The number of anilines is 1. The van der Waals surface area contributed by atoms with Crippen LogP contribution in [-0.4, -0.2) is 48.9 Å². The third kappa shape index (κ3) is 3.65. The molecule has 4 heterocycles. The highest BCUT2D eigenvalue weighted by Crippen LogP contribution is 2.34. The number of nitrogens with zero attached hydrogens (tertiary/aromatic N) is 4. The summed E-state index contributed by atoms with van der Waals surface area (Å²) in [6.07, 6.45) is 5.59. The molecule has 0 spiro atoms. The van der Waals surface area contributed by atoms with Crippen molar-refractivity contribution in [1.29, 1.82) is 0 Å². The van der Waals surface area contributed by atoms with E-state index in [1.165, 1.54) is 15.9 Å². The Kier molecular flexibility index (Phi) is 5.01. The third-order valence-corrected chi connectivity index (χ3v) is 8.91. The lowest BCUT2D eigenvalue weighted by molar-refractivity contribution is 0.477. The van der Waals surface area contributed by atoms with Gasteiger partial charge in [-0.15, -0.1) is 11.3 Å². The summed E-state index contributed by atoms with van der Waals surface area (Å²) in [5.74, 6) is 1.23. The number of fused-ring (bicyclic) bond motifs is 1. The summed E-state index contributed by atoms with van der Waals surface area (Å²) in [5.41, 5.74) is 1.07. The molecule has 3 aromatic rings. The standard InChI is InChI=1S/C21H24N4O2S2/c26-29(27,25-12-3-4-13-25)17-9-10-20(22-14-17)24-11-5-6-16(15-24)21-23-18-7-1-2-8-19(18)28-21/h1-2,7-10,14,16H,3-6,11-13,15H2/t16-/m0/s1. The fourth-order valence-corrected chi connectivity index (χ4v) is 6.80. The number of hydrogen-bond acceptors (Lipinski definition) is 6. The van der Waals surface area contributed by atoms with Crippen molar-refractivity contribution < 1.29 is 8.42 Å². The van der Waals surface area contributed by atoms with E-state index in [9.17, 15) is 8.42 Å². The number of pyridine rings is 1. The van der Waals surface area contributed by atoms with E-state index in [1.54, 1.807) is 21.7 Å². The van der Waals surface area contributed by atoms with Crippen LogP contribution in [0.2, 0.25) is 0 Å². The maximum atomic E-state index is 12.7. The second-order valence-electron chi connectivity index (χ2n) is 7.77. The van der Waals surface area contributed by atoms with Crippen molar-refractivity contribution in [3.8, 4) is 0 Å². The van der Waals surface area contributed by atoms with E-state index in [0.29, 0.717) is 23.9 Å².